The van der Waals surface area contributed by atoms with E-state index in [0.29, 0.717) is 6.04 Å². The zero-order valence-electron chi connectivity index (χ0n) is 11.2. The molecule has 0 unspecified atom stereocenters. The van der Waals surface area contributed by atoms with E-state index in [1.807, 2.05) is 0 Å². The van der Waals surface area contributed by atoms with Crippen molar-refractivity contribution in [3.05, 3.63) is 17.0 Å². The minimum Gasteiger partial charge on any atom is -0.366 e. The smallest absolute Gasteiger partial charge is 0.143 e. The fraction of sp³-hybridized carbons (Fsp3) is 0.714. The highest BCUT2D eigenvalue weighted by molar-refractivity contribution is 9.10. The summed E-state index contributed by atoms with van der Waals surface area (Å²) in [5.41, 5.74) is 0. The van der Waals surface area contributed by atoms with Crippen LogP contribution in [0.2, 0.25) is 0 Å². The molecule has 0 atom stereocenters. The quantitative estimate of drug-likeness (QED) is 0.927. The molecule has 2 fully saturated rings. The molecule has 0 radical (unpaired) electrons. The lowest BCUT2D eigenvalue weighted by molar-refractivity contribution is 0.159. The Kier molecular flexibility index (Phi) is 4.33. The molecule has 0 bridgehead atoms. The molecule has 4 nitrogen and oxygen atoms in total. The van der Waals surface area contributed by atoms with E-state index in [9.17, 15) is 0 Å². The van der Waals surface area contributed by atoms with Crippen LogP contribution in [0.25, 0.3) is 0 Å². The number of nitrogens with one attached hydrogen (secondary N) is 1. The summed E-state index contributed by atoms with van der Waals surface area (Å²) < 4.78 is 0.952. The molecular formula is C14H21BrN4. The fourth-order valence-electron chi connectivity index (χ4n) is 3.29. The summed E-state index contributed by atoms with van der Waals surface area (Å²) in [4.78, 5) is 11.0. The SMILES string of the molecule is Brc1cncnc1NC1CCN(C2CCCC2)CC1. The van der Waals surface area contributed by atoms with E-state index >= 15 is 0 Å². The van der Waals surface area contributed by atoms with Crippen LogP contribution in [-0.4, -0.2) is 40.0 Å². The maximum absolute atomic E-state index is 4.29. The third-order valence-electron chi connectivity index (χ3n) is 4.38. The lowest BCUT2D eigenvalue weighted by Gasteiger charge is -2.36. The molecule has 1 aromatic heterocycles. The summed E-state index contributed by atoms with van der Waals surface area (Å²) in [6.07, 6.45) is 11.5. The minimum atomic E-state index is 0.545. The summed E-state index contributed by atoms with van der Waals surface area (Å²) in [7, 11) is 0. The molecule has 1 saturated carbocycles. The lowest BCUT2D eigenvalue weighted by atomic mass is 10.0. The largest absolute Gasteiger partial charge is 0.366 e. The van der Waals surface area contributed by atoms with Crippen LogP contribution < -0.4 is 5.32 Å². The number of hydrogen-bond donors (Lipinski definition) is 1. The Morgan fingerprint density at radius 2 is 1.89 bits per heavy atom. The Morgan fingerprint density at radius 3 is 2.58 bits per heavy atom. The molecule has 0 amide bonds. The van der Waals surface area contributed by atoms with Gasteiger partial charge in [0.05, 0.1) is 4.47 Å². The van der Waals surface area contributed by atoms with Gasteiger partial charge in [-0.05, 0) is 41.6 Å². The molecule has 1 aliphatic carbocycles. The molecule has 1 aromatic rings. The van der Waals surface area contributed by atoms with Crippen molar-refractivity contribution in [2.24, 2.45) is 0 Å². The second-order valence-corrected chi connectivity index (χ2v) is 6.47. The van der Waals surface area contributed by atoms with Gasteiger partial charge in [-0.1, -0.05) is 12.8 Å². The Bertz CT molecular complexity index is 412. The normalized spacial score (nSPS) is 22.8. The van der Waals surface area contributed by atoms with E-state index in [1.54, 1.807) is 12.5 Å². The van der Waals surface area contributed by atoms with Crippen molar-refractivity contribution in [1.82, 2.24) is 14.9 Å². The fourth-order valence-corrected chi connectivity index (χ4v) is 3.63. The summed E-state index contributed by atoms with van der Waals surface area (Å²) >= 11 is 3.49. The van der Waals surface area contributed by atoms with Crippen molar-refractivity contribution in [3.8, 4) is 0 Å². The van der Waals surface area contributed by atoms with Crippen LogP contribution in [-0.2, 0) is 0 Å². The summed E-state index contributed by atoms with van der Waals surface area (Å²) in [6, 6.07) is 1.41. The van der Waals surface area contributed by atoms with E-state index < -0.39 is 0 Å². The van der Waals surface area contributed by atoms with Crippen LogP contribution >= 0.6 is 15.9 Å². The van der Waals surface area contributed by atoms with Gasteiger partial charge in [0.2, 0.25) is 0 Å². The van der Waals surface area contributed by atoms with Crippen molar-refractivity contribution < 1.29 is 0 Å². The third-order valence-corrected chi connectivity index (χ3v) is 4.96. The molecule has 1 N–H and O–H groups in total. The van der Waals surface area contributed by atoms with Gasteiger partial charge >= 0.3 is 0 Å². The first-order valence-corrected chi connectivity index (χ1v) is 8.08. The highest BCUT2D eigenvalue weighted by Crippen LogP contribution is 2.27. The van der Waals surface area contributed by atoms with E-state index in [4.69, 9.17) is 0 Å². The molecule has 0 spiro atoms. The maximum atomic E-state index is 4.29. The highest BCUT2D eigenvalue weighted by Gasteiger charge is 2.27. The Morgan fingerprint density at radius 1 is 1.16 bits per heavy atom. The molecule has 3 rings (SSSR count). The van der Waals surface area contributed by atoms with Crippen molar-refractivity contribution in [2.75, 3.05) is 18.4 Å². The van der Waals surface area contributed by atoms with Crippen molar-refractivity contribution in [1.29, 1.82) is 0 Å². The minimum absolute atomic E-state index is 0.545. The number of anilines is 1. The monoisotopic (exact) mass is 324 g/mol. The van der Waals surface area contributed by atoms with Gasteiger partial charge in [0, 0.05) is 31.4 Å². The molecule has 0 aromatic carbocycles. The van der Waals surface area contributed by atoms with E-state index in [-0.39, 0.29) is 0 Å². The number of nitrogens with zero attached hydrogens (tertiary/aromatic N) is 3. The predicted octanol–water partition coefficient (Wildman–Crippen LogP) is 3.06. The Balaban J connectivity index is 1.51. The molecule has 19 heavy (non-hydrogen) atoms. The van der Waals surface area contributed by atoms with Gasteiger partial charge < -0.3 is 10.2 Å². The first-order chi connectivity index (χ1) is 9.33. The van der Waals surface area contributed by atoms with Gasteiger partial charge in [-0.15, -0.1) is 0 Å². The molecule has 1 saturated heterocycles. The summed E-state index contributed by atoms with van der Waals surface area (Å²) in [6.45, 7) is 2.45. The molecule has 2 heterocycles. The number of piperidine rings is 1. The Labute approximate surface area is 123 Å². The first-order valence-electron chi connectivity index (χ1n) is 7.29. The second-order valence-electron chi connectivity index (χ2n) is 5.61. The standard InChI is InChI=1S/C14H21BrN4/c15-13-9-16-10-17-14(13)18-11-5-7-19(8-6-11)12-3-1-2-4-12/h9-12H,1-8H2,(H,16,17,18). The van der Waals surface area contributed by atoms with Crippen LogP contribution in [0, 0.1) is 0 Å². The van der Waals surface area contributed by atoms with Gasteiger partial charge in [0.1, 0.15) is 12.1 Å². The average molecular weight is 325 g/mol. The van der Waals surface area contributed by atoms with Crippen LogP contribution in [0.4, 0.5) is 5.82 Å². The molecular weight excluding hydrogens is 304 g/mol. The zero-order valence-corrected chi connectivity index (χ0v) is 12.8. The van der Waals surface area contributed by atoms with E-state index in [2.05, 4.69) is 36.1 Å². The molecule has 5 heteroatoms. The van der Waals surface area contributed by atoms with Gasteiger partial charge in [-0.25, -0.2) is 9.97 Å². The summed E-state index contributed by atoms with van der Waals surface area (Å²) in [5, 5.41) is 3.54. The number of halogens is 1. The first kappa shape index (κ1) is 13.3. The third kappa shape index (κ3) is 3.26. The summed E-state index contributed by atoms with van der Waals surface area (Å²) in [5.74, 6) is 0.925. The van der Waals surface area contributed by atoms with Gasteiger partial charge in [0.25, 0.3) is 0 Å². The lowest BCUT2D eigenvalue weighted by Crippen LogP contribution is -2.43. The second kappa shape index (κ2) is 6.18. The predicted molar refractivity (Wildman–Crippen MR) is 80.2 cm³/mol. The Hall–Kier alpha value is -0.680. The van der Waals surface area contributed by atoms with Gasteiger partial charge in [-0.3, -0.25) is 0 Å². The zero-order chi connectivity index (χ0) is 13.1. The highest BCUT2D eigenvalue weighted by atomic mass is 79.9. The molecule has 1 aliphatic heterocycles. The average Bonchev–Trinajstić information content (AvgIpc) is 2.96. The van der Waals surface area contributed by atoms with E-state index in [0.717, 1.165) is 16.3 Å². The van der Waals surface area contributed by atoms with Crippen molar-refractivity contribution >= 4 is 21.7 Å². The number of likely N-dealkylation sites (tertiary alicyclic amines) is 1. The maximum Gasteiger partial charge on any atom is 0.143 e. The number of hydrogen-bond acceptors (Lipinski definition) is 4. The van der Waals surface area contributed by atoms with Crippen molar-refractivity contribution in [2.45, 2.75) is 50.6 Å². The topological polar surface area (TPSA) is 41.1 Å². The van der Waals surface area contributed by atoms with Crippen LogP contribution in [0.3, 0.4) is 0 Å². The number of rotatable bonds is 3. The van der Waals surface area contributed by atoms with Crippen LogP contribution in [0.5, 0.6) is 0 Å². The van der Waals surface area contributed by atoms with Crippen molar-refractivity contribution in [3.63, 3.8) is 0 Å². The molecule has 104 valence electrons. The van der Waals surface area contributed by atoms with Crippen LogP contribution in [0.15, 0.2) is 17.0 Å². The molecule has 2 aliphatic rings. The number of aromatic nitrogens is 2. The van der Waals surface area contributed by atoms with E-state index in [1.165, 1.54) is 51.6 Å². The van der Waals surface area contributed by atoms with Gasteiger partial charge in [0.15, 0.2) is 0 Å². The van der Waals surface area contributed by atoms with Gasteiger partial charge in [-0.2, -0.15) is 0 Å². The van der Waals surface area contributed by atoms with Crippen LogP contribution in [0.1, 0.15) is 38.5 Å².